The van der Waals surface area contributed by atoms with Crippen molar-refractivity contribution in [2.75, 3.05) is 19.7 Å². The highest BCUT2D eigenvalue weighted by Gasteiger charge is 2.22. The molecule has 100 valence electrons. The van der Waals surface area contributed by atoms with E-state index in [-0.39, 0.29) is 6.10 Å². The molecule has 2 heterocycles. The third kappa shape index (κ3) is 2.81. The first-order chi connectivity index (χ1) is 9.24. The highest BCUT2D eigenvalue weighted by atomic mass is 79.9. The number of aromatic nitrogens is 2. The number of halogens is 2. The van der Waals surface area contributed by atoms with E-state index >= 15 is 0 Å². The van der Waals surface area contributed by atoms with Crippen LogP contribution >= 0.6 is 27.5 Å². The van der Waals surface area contributed by atoms with Gasteiger partial charge in [0.15, 0.2) is 0 Å². The van der Waals surface area contributed by atoms with Crippen LogP contribution in [-0.2, 0) is 4.74 Å². The molecular weight excluding hydrogens is 334 g/mol. The second-order valence-corrected chi connectivity index (χ2v) is 5.41. The molecule has 1 fully saturated rings. The van der Waals surface area contributed by atoms with Crippen LogP contribution in [0.5, 0.6) is 0 Å². The summed E-state index contributed by atoms with van der Waals surface area (Å²) in [5.41, 5.74) is 0.788. The number of hydrogen-bond donors (Lipinski definition) is 1. The molecule has 1 unspecified atom stereocenters. The van der Waals surface area contributed by atoms with Crippen LogP contribution in [0.3, 0.4) is 0 Å². The Morgan fingerprint density at radius 2 is 2.32 bits per heavy atom. The lowest BCUT2D eigenvalue weighted by Crippen LogP contribution is -2.33. The monoisotopic (exact) mass is 343 g/mol. The fourth-order valence-electron chi connectivity index (χ4n) is 1.84. The van der Waals surface area contributed by atoms with Crippen molar-refractivity contribution in [1.29, 1.82) is 0 Å². The van der Waals surface area contributed by atoms with Crippen LogP contribution in [0.25, 0.3) is 11.5 Å². The van der Waals surface area contributed by atoms with Crippen molar-refractivity contribution in [3.05, 3.63) is 33.5 Å². The van der Waals surface area contributed by atoms with Crippen LogP contribution in [0.2, 0.25) is 5.02 Å². The molecule has 0 aliphatic carbocycles. The van der Waals surface area contributed by atoms with Gasteiger partial charge in [-0.3, -0.25) is 0 Å². The van der Waals surface area contributed by atoms with Crippen molar-refractivity contribution in [3.63, 3.8) is 0 Å². The Hall–Kier alpha value is -0.950. The van der Waals surface area contributed by atoms with E-state index < -0.39 is 0 Å². The van der Waals surface area contributed by atoms with Crippen molar-refractivity contribution >= 4 is 27.5 Å². The van der Waals surface area contributed by atoms with Gasteiger partial charge >= 0.3 is 0 Å². The molecule has 1 aromatic heterocycles. The maximum Gasteiger partial charge on any atom is 0.258 e. The lowest BCUT2D eigenvalue weighted by atomic mass is 10.2. The van der Waals surface area contributed by atoms with E-state index in [0.717, 1.165) is 16.6 Å². The molecule has 1 saturated heterocycles. The first-order valence-electron chi connectivity index (χ1n) is 5.85. The largest absolute Gasteiger partial charge is 0.367 e. The van der Waals surface area contributed by atoms with Crippen molar-refractivity contribution in [2.45, 2.75) is 6.10 Å². The van der Waals surface area contributed by atoms with Gasteiger partial charge < -0.3 is 14.6 Å². The van der Waals surface area contributed by atoms with Gasteiger partial charge in [-0.25, -0.2) is 0 Å². The van der Waals surface area contributed by atoms with Crippen molar-refractivity contribution in [1.82, 2.24) is 15.5 Å². The molecule has 7 heteroatoms. The van der Waals surface area contributed by atoms with Gasteiger partial charge in [0.25, 0.3) is 5.89 Å². The molecule has 1 aliphatic heterocycles. The highest BCUT2D eigenvalue weighted by molar-refractivity contribution is 9.10. The van der Waals surface area contributed by atoms with Crippen LogP contribution in [-0.4, -0.2) is 29.8 Å². The normalized spacial score (nSPS) is 19.6. The minimum atomic E-state index is -0.155. The smallest absolute Gasteiger partial charge is 0.258 e. The summed E-state index contributed by atoms with van der Waals surface area (Å²) >= 11 is 9.39. The number of nitrogens with one attached hydrogen (secondary N) is 1. The maximum absolute atomic E-state index is 6.05. The Morgan fingerprint density at radius 3 is 3.05 bits per heavy atom. The van der Waals surface area contributed by atoms with E-state index in [9.17, 15) is 0 Å². The number of hydrogen-bond acceptors (Lipinski definition) is 5. The quantitative estimate of drug-likeness (QED) is 0.908. The molecule has 0 radical (unpaired) electrons. The second-order valence-electron chi connectivity index (χ2n) is 4.15. The maximum atomic E-state index is 6.05. The molecule has 1 aliphatic rings. The van der Waals surface area contributed by atoms with Crippen molar-refractivity contribution < 1.29 is 9.26 Å². The summed E-state index contributed by atoms with van der Waals surface area (Å²) in [6.07, 6.45) is -0.155. The summed E-state index contributed by atoms with van der Waals surface area (Å²) in [5, 5.41) is 7.79. The highest BCUT2D eigenvalue weighted by Crippen LogP contribution is 2.28. The Balaban J connectivity index is 1.85. The average molecular weight is 345 g/mol. The molecular formula is C12H11BrClN3O2. The van der Waals surface area contributed by atoms with Crippen LogP contribution in [0.4, 0.5) is 0 Å². The van der Waals surface area contributed by atoms with Gasteiger partial charge in [0.1, 0.15) is 6.10 Å². The Labute approximate surface area is 123 Å². The molecule has 19 heavy (non-hydrogen) atoms. The number of nitrogens with zero attached hydrogens (tertiary/aromatic N) is 2. The van der Waals surface area contributed by atoms with E-state index in [0.29, 0.717) is 29.9 Å². The first kappa shape index (κ1) is 13.1. The van der Waals surface area contributed by atoms with E-state index in [2.05, 4.69) is 31.4 Å². The summed E-state index contributed by atoms with van der Waals surface area (Å²) in [4.78, 5) is 4.36. The summed E-state index contributed by atoms with van der Waals surface area (Å²) in [6, 6.07) is 5.50. The minimum Gasteiger partial charge on any atom is -0.367 e. The Morgan fingerprint density at radius 1 is 1.42 bits per heavy atom. The zero-order valence-corrected chi connectivity index (χ0v) is 12.2. The van der Waals surface area contributed by atoms with E-state index in [1.165, 1.54) is 0 Å². The van der Waals surface area contributed by atoms with Gasteiger partial charge in [-0.2, -0.15) is 4.98 Å². The lowest BCUT2D eigenvalue weighted by Gasteiger charge is -2.20. The molecule has 0 bridgehead atoms. The number of morpholine rings is 1. The predicted octanol–water partition coefficient (Wildman–Crippen LogP) is 2.81. The molecule has 5 nitrogen and oxygen atoms in total. The van der Waals surface area contributed by atoms with Crippen molar-refractivity contribution in [3.8, 4) is 11.5 Å². The number of benzene rings is 1. The Bertz CT molecular complexity index is 584. The van der Waals surface area contributed by atoms with Gasteiger partial charge in [-0.1, -0.05) is 16.8 Å². The third-order valence-corrected chi connectivity index (χ3v) is 4.06. The first-order valence-corrected chi connectivity index (χ1v) is 7.02. The zero-order chi connectivity index (χ0) is 13.2. The number of rotatable bonds is 2. The van der Waals surface area contributed by atoms with E-state index in [1.54, 1.807) is 6.07 Å². The van der Waals surface area contributed by atoms with E-state index in [1.807, 2.05) is 12.1 Å². The molecule has 3 rings (SSSR count). The van der Waals surface area contributed by atoms with Gasteiger partial charge in [-0.05, 0) is 34.1 Å². The van der Waals surface area contributed by atoms with Gasteiger partial charge in [-0.15, -0.1) is 0 Å². The van der Waals surface area contributed by atoms with Crippen molar-refractivity contribution in [2.24, 2.45) is 0 Å². The topological polar surface area (TPSA) is 60.2 Å². The Kier molecular flexibility index (Phi) is 3.83. The molecule has 0 amide bonds. The summed E-state index contributed by atoms with van der Waals surface area (Å²) in [6.45, 7) is 2.20. The average Bonchev–Trinajstić information content (AvgIpc) is 2.93. The van der Waals surface area contributed by atoms with Gasteiger partial charge in [0.2, 0.25) is 5.82 Å². The fourth-order valence-corrected chi connectivity index (χ4v) is 2.27. The minimum absolute atomic E-state index is 0.155. The molecule has 0 spiro atoms. The van der Waals surface area contributed by atoms with Crippen LogP contribution in [0, 0.1) is 0 Å². The molecule has 1 aromatic carbocycles. The van der Waals surface area contributed by atoms with Gasteiger partial charge in [0, 0.05) is 23.1 Å². The van der Waals surface area contributed by atoms with Crippen LogP contribution < -0.4 is 5.32 Å². The molecule has 1 N–H and O–H groups in total. The summed E-state index contributed by atoms with van der Waals surface area (Å²) in [5.74, 6) is 1.000. The standard InChI is InChI=1S/C12H11BrClN3O2/c13-8-2-1-7(5-9(8)14)12-16-11(17-19-12)10-6-15-3-4-18-10/h1-2,5,10,15H,3-4,6H2. The molecule has 1 atom stereocenters. The summed E-state index contributed by atoms with van der Waals surface area (Å²) in [7, 11) is 0. The van der Waals surface area contributed by atoms with Gasteiger partial charge in [0.05, 0.1) is 11.6 Å². The van der Waals surface area contributed by atoms with Crippen LogP contribution in [0.15, 0.2) is 27.2 Å². The van der Waals surface area contributed by atoms with Crippen LogP contribution in [0.1, 0.15) is 11.9 Å². The summed E-state index contributed by atoms with van der Waals surface area (Å²) < 4.78 is 11.7. The molecule has 0 saturated carbocycles. The molecule has 2 aromatic rings. The predicted molar refractivity (Wildman–Crippen MR) is 74.0 cm³/mol. The second kappa shape index (κ2) is 5.58. The SMILES string of the molecule is Clc1cc(-c2nc(C3CNCCO3)no2)ccc1Br. The zero-order valence-electron chi connectivity index (χ0n) is 9.90. The lowest BCUT2D eigenvalue weighted by molar-refractivity contribution is 0.0208. The third-order valence-electron chi connectivity index (χ3n) is 2.82. The number of ether oxygens (including phenoxy) is 1. The van der Waals surface area contributed by atoms with E-state index in [4.69, 9.17) is 20.9 Å². The fraction of sp³-hybridized carbons (Fsp3) is 0.333.